The van der Waals surface area contributed by atoms with Gasteiger partial charge in [0.2, 0.25) is 0 Å². The highest BCUT2D eigenvalue weighted by molar-refractivity contribution is 6.31. The normalized spacial score (nSPS) is 12.6. The number of rotatable bonds is 11. The molecular weight excluding hydrogens is 268 g/mol. The van der Waals surface area contributed by atoms with Crippen molar-refractivity contribution in [2.24, 2.45) is 0 Å². The van der Waals surface area contributed by atoms with Gasteiger partial charge in [-0.05, 0) is 31.5 Å². The van der Waals surface area contributed by atoms with Gasteiger partial charge in [0.1, 0.15) is 0 Å². The molecule has 0 amide bonds. The summed E-state index contributed by atoms with van der Waals surface area (Å²) in [6.45, 7) is 2.27. The van der Waals surface area contributed by atoms with Crippen LogP contribution in [0.5, 0.6) is 0 Å². The summed E-state index contributed by atoms with van der Waals surface area (Å²) in [5.74, 6) is 0. The number of halogens is 1. The van der Waals surface area contributed by atoms with Crippen molar-refractivity contribution in [1.82, 2.24) is 10.3 Å². The van der Waals surface area contributed by atoms with Crippen molar-refractivity contribution < 1.29 is 0 Å². The Labute approximate surface area is 129 Å². The molecule has 0 bridgehead atoms. The van der Waals surface area contributed by atoms with E-state index in [-0.39, 0.29) is 0 Å². The van der Waals surface area contributed by atoms with Gasteiger partial charge in [0.25, 0.3) is 0 Å². The molecule has 0 aromatic carbocycles. The maximum absolute atomic E-state index is 6.17. The molecule has 1 heterocycles. The lowest BCUT2D eigenvalue weighted by Crippen LogP contribution is -2.27. The van der Waals surface area contributed by atoms with Crippen LogP contribution in [0.2, 0.25) is 5.02 Å². The van der Waals surface area contributed by atoms with E-state index in [0.29, 0.717) is 6.04 Å². The molecule has 0 aliphatic carbocycles. The second-order valence-electron chi connectivity index (χ2n) is 5.57. The molecule has 1 unspecified atom stereocenters. The summed E-state index contributed by atoms with van der Waals surface area (Å²) in [6.07, 6.45) is 15.3. The van der Waals surface area contributed by atoms with Gasteiger partial charge in [0, 0.05) is 18.4 Å². The Kier molecular flexibility index (Phi) is 9.69. The number of likely N-dealkylation sites (N-methyl/N-ethyl adjacent to an activating group) is 1. The lowest BCUT2D eigenvalue weighted by atomic mass is 10.00. The number of hydrogen-bond donors (Lipinski definition) is 1. The number of unbranched alkanes of at least 4 members (excludes halogenated alkanes) is 6. The van der Waals surface area contributed by atoms with Crippen molar-refractivity contribution in [3.63, 3.8) is 0 Å². The van der Waals surface area contributed by atoms with E-state index in [2.05, 4.69) is 17.2 Å². The van der Waals surface area contributed by atoms with Crippen molar-refractivity contribution in [2.45, 2.75) is 70.8 Å². The average Bonchev–Trinajstić information content (AvgIpc) is 2.47. The fourth-order valence-electron chi connectivity index (χ4n) is 2.53. The van der Waals surface area contributed by atoms with Crippen LogP contribution < -0.4 is 5.32 Å². The second-order valence-corrected chi connectivity index (χ2v) is 5.97. The summed E-state index contributed by atoms with van der Waals surface area (Å²) in [4.78, 5) is 4.04. The van der Waals surface area contributed by atoms with Crippen LogP contribution in [-0.2, 0) is 6.42 Å². The van der Waals surface area contributed by atoms with Crippen molar-refractivity contribution in [2.75, 3.05) is 7.05 Å². The molecule has 0 fully saturated rings. The second kappa shape index (κ2) is 11.1. The van der Waals surface area contributed by atoms with E-state index in [4.69, 9.17) is 11.6 Å². The van der Waals surface area contributed by atoms with Gasteiger partial charge in [0.05, 0.1) is 5.02 Å². The maximum atomic E-state index is 6.17. The summed E-state index contributed by atoms with van der Waals surface area (Å²) < 4.78 is 0. The van der Waals surface area contributed by atoms with E-state index in [1.54, 1.807) is 6.20 Å². The lowest BCUT2D eigenvalue weighted by Gasteiger charge is -2.16. The molecule has 0 saturated carbocycles. The minimum atomic E-state index is 0.519. The highest BCUT2D eigenvalue weighted by atomic mass is 35.5. The van der Waals surface area contributed by atoms with Crippen LogP contribution in [0.3, 0.4) is 0 Å². The highest BCUT2D eigenvalue weighted by Crippen LogP contribution is 2.17. The van der Waals surface area contributed by atoms with Crippen LogP contribution >= 0.6 is 11.6 Å². The Morgan fingerprint density at radius 3 is 2.50 bits per heavy atom. The summed E-state index contributed by atoms with van der Waals surface area (Å²) in [7, 11) is 2.04. The molecule has 20 heavy (non-hydrogen) atoms. The zero-order valence-corrected chi connectivity index (χ0v) is 13.8. The lowest BCUT2D eigenvalue weighted by molar-refractivity contribution is 0.478. The van der Waals surface area contributed by atoms with Crippen LogP contribution in [0.1, 0.15) is 63.9 Å². The first kappa shape index (κ1) is 17.5. The fourth-order valence-corrected chi connectivity index (χ4v) is 2.73. The summed E-state index contributed by atoms with van der Waals surface area (Å²) >= 11 is 6.17. The van der Waals surface area contributed by atoms with Crippen LogP contribution in [0.15, 0.2) is 18.5 Å². The Hall–Kier alpha value is -0.600. The van der Waals surface area contributed by atoms with Crippen molar-refractivity contribution in [1.29, 1.82) is 0 Å². The number of nitrogens with one attached hydrogen (secondary N) is 1. The third-order valence-corrected chi connectivity index (χ3v) is 4.23. The predicted octanol–water partition coefficient (Wildman–Crippen LogP) is 5.01. The van der Waals surface area contributed by atoms with Gasteiger partial charge in [-0.25, -0.2) is 0 Å². The van der Waals surface area contributed by atoms with E-state index in [0.717, 1.165) is 11.4 Å². The maximum Gasteiger partial charge on any atom is 0.0621 e. The molecule has 0 radical (unpaired) electrons. The fraction of sp³-hybridized carbons (Fsp3) is 0.706. The monoisotopic (exact) mass is 296 g/mol. The third-order valence-electron chi connectivity index (χ3n) is 3.89. The molecule has 0 aliphatic rings. The molecule has 0 spiro atoms. The van der Waals surface area contributed by atoms with Crippen LogP contribution in [0.4, 0.5) is 0 Å². The molecule has 1 N–H and O–H groups in total. The molecule has 1 aromatic heterocycles. The van der Waals surface area contributed by atoms with Crippen LogP contribution in [0, 0.1) is 0 Å². The zero-order valence-electron chi connectivity index (χ0n) is 13.0. The molecule has 0 aliphatic heterocycles. The molecular formula is C17H29ClN2. The molecule has 1 rings (SSSR count). The van der Waals surface area contributed by atoms with Gasteiger partial charge in [-0.15, -0.1) is 0 Å². The van der Waals surface area contributed by atoms with Crippen LogP contribution in [-0.4, -0.2) is 18.1 Å². The summed E-state index contributed by atoms with van der Waals surface area (Å²) in [5.41, 5.74) is 1.20. The van der Waals surface area contributed by atoms with E-state index in [1.165, 1.54) is 56.9 Å². The predicted molar refractivity (Wildman–Crippen MR) is 88.4 cm³/mol. The van der Waals surface area contributed by atoms with E-state index in [9.17, 15) is 0 Å². The molecule has 114 valence electrons. The van der Waals surface area contributed by atoms with Crippen molar-refractivity contribution in [3.8, 4) is 0 Å². The van der Waals surface area contributed by atoms with Gasteiger partial charge < -0.3 is 5.32 Å². The topological polar surface area (TPSA) is 24.9 Å². The van der Waals surface area contributed by atoms with Crippen molar-refractivity contribution >= 4 is 11.6 Å². The Morgan fingerprint density at radius 1 is 1.15 bits per heavy atom. The highest BCUT2D eigenvalue weighted by Gasteiger charge is 2.09. The Balaban J connectivity index is 2.18. The first-order valence-corrected chi connectivity index (χ1v) is 8.41. The standard InChI is InChI=1S/C17H29ClN2/c1-3-4-5-6-7-8-9-10-16(19-2)13-15-11-12-20-14-17(15)18/h11-12,14,16,19H,3-10,13H2,1-2H3. The van der Waals surface area contributed by atoms with E-state index < -0.39 is 0 Å². The summed E-state index contributed by atoms with van der Waals surface area (Å²) in [6, 6.07) is 2.54. The van der Waals surface area contributed by atoms with Crippen LogP contribution in [0.25, 0.3) is 0 Å². The third kappa shape index (κ3) is 7.25. The number of pyridine rings is 1. The van der Waals surface area contributed by atoms with Crippen molar-refractivity contribution in [3.05, 3.63) is 29.0 Å². The van der Waals surface area contributed by atoms with Gasteiger partial charge in [-0.1, -0.05) is 63.5 Å². The quantitative estimate of drug-likeness (QED) is 0.581. The molecule has 3 heteroatoms. The van der Waals surface area contributed by atoms with Gasteiger partial charge in [-0.3, -0.25) is 4.98 Å². The smallest absolute Gasteiger partial charge is 0.0621 e. The van der Waals surface area contributed by atoms with E-state index in [1.807, 2.05) is 19.3 Å². The first-order valence-electron chi connectivity index (χ1n) is 8.03. The number of nitrogens with zero attached hydrogens (tertiary/aromatic N) is 1. The Morgan fingerprint density at radius 2 is 1.85 bits per heavy atom. The van der Waals surface area contributed by atoms with Gasteiger partial charge in [0.15, 0.2) is 0 Å². The number of aromatic nitrogens is 1. The summed E-state index contributed by atoms with van der Waals surface area (Å²) in [5, 5.41) is 4.19. The Bertz CT molecular complexity index is 355. The molecule has 2 nitrogen and oxygen atoms in total. The SMILES string of the molecule is CCCCCCCCCC(Cc1ccncc1Cl)NC. The number of hydrogen-bond acceptors (Lipinski definition) is 2. The molecule has 1 aromatic rings. The largest absolute Gasteiger partial charge is 0.317 e. The zero-order chi connectivity index (χ0) is 14.6. The average molecular weight is 297 g/mol. The molecule has 1 atom stereocenters. The van der Waals surface area contributed by atoms with Gasteiger partial charge in [-0.2, -0.15) is 0 Å². The minimum absolute atomic E-state index is 0.519. The van der Waals surface area contributed by atoms with E-state index >= 15 is 0 Å². The minimum Gasteiger partial charge on any atom is -0.317 e. The first-order chi connectivity index (χ1) is 9.77. The van der Waals surface area contributed by atoms with Gasteiger partial charge >= 0.3 is 0 Å². The molecule has 0 saturated heterocycles.